The van der Waals surface area contributed by atoms with E-state index in [0.29, 0.717) is 25.0 Å². The van der Waals surface area contributed by atoms with Crippen LogP contribution in [-0.4, -0.2) is 41.0 Å². The van der Waals surface area contributed by atoms with Gasteiger partial charge in [0.05, 0.1) is 32.9 Å². The van der Waals surface area contributed by atoms with E-state index in [4.69, 9.17) is 29.0 Å². The molecular weight excluding hydrogens is 458 g/mol. The standard InChI is InChI=1S/C18H16Cl2F3N7O/c1-29(2)8-26-15-13(17(3-4-17)16(31)27-25)12(7-24)28-30(15)14-10(19)5-9(6-11(14)20)18(21,22)23/h5-6,8H,3-4,25H2,1-2H3,(H,27,31)/b26-8-. The molecule has 13 heteroatoms. The number of nitrogens with two attached hydrogens (primary N) is 1. The van der Waals surface area contributed by atoms with Gasteiger partial charge < -0.3 is 4.90 Å². The molecule has 1 saturated carbocycles. The van der Waals surface area contributed by atoms with Gasteiger partial charge in [-0.05, 0) is 25.0 Å². The van der Waals surface area contributed by atoms with E-state index in [-0.39, 0.29) is 32.8 Å². The summed E-state index contributed by atoms with van der Waals surface area (Å²) >= 11 is 12.3. The number of hydrogen-bond donors (Lipinski definition) is 2. The first-order valence-electron chi connectivity index (χ1n) is 8.78. The fraction of sp³-hybridized carbons (Fsp3) is 0.333. The number of carbonyl (C=O) groups is 1. The number of hydrogen-bond acceptors (Lipinski definition) is 5. The minimum Gasteiger partial charge on any atom is -0.369 e. The van der Waals surface area contributed by atoms with Crippen LogP contribution < -0.4 is 11.3 Å². The van der Waals surface area contributed by atoms with Crippen LogP contribution in [0.15, 0.2) is 17.1 Å². The number of hydrazine groups is 1. The molecule has 1 aromatic carbocycles. The molecule has 3 N–H and O–H groups in total. The number of carbonyl (C=O) groups excluding carboxylic acids is 1. The summed E-state index contributed by atoms with van der Waals surface area (Å²) in [5.41, 5.74) is -0.145. The third kappa shape index (κ3) is 4.06. The van der Waals surface area contributed by atoms with Gasteiger partial charge in [0.15, 0.2) is 11.5 Å². The van der Waals surface area contributed by atoms with Gasteiger partial charge in [-0.2, -0.15) is 23.5 Å². The number of rotatable bonds is 5. The molecule has 164 valence electrons. The fourth-order valence-electron chi connectivity index (χ4n) is 3.16. The van der Waals surface area contributed by atoms with Crippen molar-refractivity contribution >= 4 is 41.3 Å². The van der Waals surface area contributed by atoms with Crippen LogP contribution >= 0.6 is 23.2 Å². The van der Waals surface area contributed by atoms with Crippen molar-refractivity contribution in [3.05, 3.63) is 39.0 Å². The maximum atomic E-state index is 13.1. The molecule has 1 aromatic heterocycles. The van der Waals surface area contributed by atoms with E-state index in [1.54, 1.807) is 19.0 Å². The second-order valence-corrected chi connectivity index (χ2v) is 7.94. The molecule has 31 heavy (non-hydrogen) atoms. The maximum absolute atomic E-state index is 13.1. The Bertz CT molecular complexity index is 1090. The van der Waals surface area contributed by atoms with Crippen LogP contribution in [0.2, 0.25) is 10.0 Å². The predicted molar refractivity (Wildman–Crippen MR) is 108 cm³/mol. The number of nitrogens with zero attached hydrogens (tertiary/aromatic N) is 5. The van der Waals surface area contributed by atoms with E-state index in [0.717, 1.165) is 4.68 Å². The lowest BCUT2D eigenvalue weighted by molar-refractivity contribution is -0.137. The summed E-state index contributed by atoms with van der Waals surface area (Å²) < 4.78 is 40.4. The first-order chi connectivity index (χ1) is 14.5. The van der Waals surface area contributed by atoms with Crippen LogP contribution in [0, 0.1) is 11.3 Å². The highest BCUT2D eigenvalue weighted by Gasteiger charge is 2.55. The highest BCUT2D eigenvalue weighted by molar-refractivity contribution is 6.38. The van der Waals surface area contributed by atoms with Gasteiger partial charge in [-0.1, -0.05) is 23.2 Å². The molecule has 1 amide bonds. The molecule has 1 aliphatic rings. The zero-order valence-corrected chi connectivity index (χ0v) is 17.8. The Labute approximate surface area is 185 Å². The second kappa shape index (κ2) is 8.03. The van der Waals surface area contributed by atoms with Crippen molar-refractivity contribution in [2.45, 2.75) is 24.4 Å². The largest absolute Gasteiger partial charge is 0.416 e. The highest BCUT2D eigenvalue weighted by Crippen LogP contribution is 2.53. The number of nitriles is 1. The lowest BCUT2D eigenvalue weighted by atomic mass is 9.94. The van der Waals surface area contributed by atoms with Crippen LogP contribution in [0.5, 0.6) is 0 Å². The van der Waals surface area contributed by atoms with Crippen molar-refractivity contribution in [3.63, 3.8) is 0 Å². The molecule has 1 aliphatic carbocycles. The Morgan fingerprint density at radius 2 is 1.97 bits per heavy atom. The first kappa shape index (κ1) is 22.9. The summed E-state index contributed by atoms with van der Waals surface area (Å²) in [7, 11) is 3.37. The van der Waals surface area contributed by atoms with E-state index >= 15 is 0 Å². The molecule has 0 spiro atoms. The second-order valence-electron chi connectivity index (χ2n) is 7.12. The molecule has 8 nitrogen and oxygen atoms in total. The van der Waals surface area contributed by atoms with Crippen molar-refractivity contribution < 1.29 is 18.0 Å². The number of halogens is 5. The average Bonchev–Trinajstić information content (AvgIpc) is 3.40. The molecule has 0 unspecified atom stereocenters. The smallest absolute Gasteiger partial charge is 0.369 e. The molecule has 1 fully saturated rings. The van der Waals surface area contributed by atoms with Gasteiger partial charge in [0, 0.05) is 14.1 Å². The SMILES string of the molecule is CN(C)/C=N\c1c(C2(C(=O)NN)CC2)c(C#N)nn1-c1c(Cl)cc(C(F)(F)F)cc1Cl. The molecule has 1 heterocycles. The number of alkyl halides is 3. The van der Waals surface area contributed by atoms with E-state index < -0.39 is 23.1 Å². The molecule has 0 aliphatic heterocycles. The maximum Gasteiger partial charge on any atom is 0.416 e. The monoisotopic (exact) mass is 473 g/mol. The number of nitrogens with one attached hydrogen (secondary N) is 1. The van der Waals surface area contributed by atoms with Crippen LogP contribution in [-0.2, 0) is 16.4 Å². The summed E-state index contributed by atoms with van der Waals surface area (Å²) in [4.78, 5) is 18.4. The molecular formula is C18H16Cl2F3N7O. The van der Waals surface area contributed by atoms with E-state index in [1.165, 1.54) is 6.34 Å². The van der Waals surface area contributed by atoms with E-state index in [9.17, 15) is 23.2 Å². The van der Waals surface area contributed by atoms with Crippen LogP contribution in [0.1, 0.15) is 29.7 Å². The Kier molecular flexibility index (Phi) is 5.92. The van der Waals surface area contributed by atoms with Crippen LogP contribution in [0.4, 0.5) is 19.0 Å². The topological polar surface area (TPSA) is 112 Å². The average molecular weight is 474 g/mol. The lowest BCUT2D eigenvalue weighted by Crippen LogP contribution is -2.39. The fourth-order valence-corrected chi connectivity index (χ4v) is 3.81. The quantitative estimate of drug-likeness (QED) is 0.227. The number of aromatic nitrogens is 2. The Morgan fingerprint density at radius 3 is 2.39 bits per heavy atom. The van der Waals surface area contributed by atoms with Crippen molar-refractivity contribution in [1.82, 2.24) is 20.1 Å². The van der Waals surface area contributed by atoms with Crippen molar-refractivity contribution in [3.8, 4) is 11.8 Å². The van der Waals surface area contributed by atoms with Crippen molar-refractivity contribution in [2.75, 3.05) is 14.1 Å². The van der Waals surface area contributed by atoms with Gasteiger partial charge in [-0.15, -0.1) is 0 Å². The van der Waals surface area contributed by atoms with E-state index in [1.807, 2.05) is 6.07 Å². The summed E-state index contributed by atoms with van der Waals surface area (Å²) in [5.74, 6) is 4.82. The Hall–Kier alpha value is -2.81. The lowest BCUT2D eigenvalue weighted by Gasteiger charge is -2.16. The summed E-state index contributed by atoms with van der Waals surface area (Å²) in [5, 5.41) is 13.1. The van der Waals surface area contributed by atoms with Crippen LogP contribution in [0.3, 0.4) is 0 Å². The molecule has 0 radical (unpaired) electrons. The molecule has 0 saturated heterocycles. The third-order valence-electron chi connectivity index (χ3n) is 4.73. The molecule has 3 rings (SSSR count). The first-order valence-corrected chi connectivity index (χ1v) is 9.53. The summed E-state index contributed by atoms with van der Waals surface area (Å²) in [6, 6.07) is 3.31. The molecule has 2 aromatic rings. The van der Waals surface area contributed by atoms with Gasteiger partial charge >= 0.3 is 6.18 Å². The van der Waals surface area contributed by atoms with Gasteiger partial charge in [0.1, 0.15) is 11.8 Å². The van der Waals surface area contributed by atoms with Gasteiger partial charge in [-0.25, -0.2) is 15.5 Å². The molecule has 0 atom stereocenters. The number of benzene rings is 1. The number of aliphatic imine (C=N–C) groups is 1. The van der Waals surface area contributed by atoms with E-state index in [2.05, 4.69) is 15.5 Å². The Morgan fingerprint density at radius 1 is 1.39 bits per heavy atom. The molecule has 0 bridgehead atoms. The van der Waals surface area contributed by atoms with Gasteiger partial charge in [0.25, 0.3) is 0 Å². The van der Waals surface area contributed by atoms with Crippen LogP contribution in [0.25, 0.3) is 5.69 Å². The third-order valence-corrected chi connectivity index (χ3v) is 5.30. The number of amides is 1. The van der Waals surface area contributed by atoms with Crippen molar-refractivity contribution in [2.24, 2.45) is 10.8 Å². The summed E-state index contributed by atoms with van der Waals surface area (Å²) in [6.07, 6.45) is -2.51. The zero-order valence-electron chi connectivity index (χ0n) is 16.3. The summed E-state index contributed by atoms with van der Waals surface area (Å²) in [6.45, 7) is 0. The zero-order chi connectivity index (χ0) is 23.1. The van der Waals surface area contributed by atoms with Gasteiger partial charge in [0.2, 0.25) is 5.91 Å². The van der Waals surface area contributed by atoms with Crippen molar-refractivity contribution in [1.29, 1.82) is 5.26 Å². The minimum atomic E-state index is -4.66. The predicted octanol–water partition coefficient (Wildman–Crippen LogP) is 3.31. The highest BCUT2D eigenvalue weighted by atomic mass is 35.5. The van der Waals surface area contributed by atoms with Gasteiger partial charge in [-0.3, -0.25) is 10.2 Å². The minimum absolute atomic E-state index is 0.0370. The normalized spacial score (nSPS) is 15.1. The Balaban J connectivity index is 2.33.